The fourth-order valence-electron chi connectivity index (χ4n) is 1.46. The van der Waals surface area contributed by atoms with Crippen LogP contribution in [-0.4, -0.2) is 12.4 Å². The Balaban J connectivity index is 2.95. The first-order chi connectivity index (χ1) is 8.88. The number of Topliss-reactive ketones (excluding diaryl/α,β-unsaturated/α-hetero) is 1. The van der Waals surface area contributed by atoms with Crippen LogP contribution < -0.4 is 4.74 Å². The molecule has 0 aromatic heterocycles. The summed E-state index contributed by atoms with van der Waals surface area (Å²) in [6.45, 7) is 1.39. The predicted molar refractivity (Wildman–Crippen MR) is 61.6 cm³/mol. The molecule has 0 fully saturated rings. The molecule has 0 aliphatic heterocycles. The summed E-state index contributed by atoms with van der Waals surface area (Å²) in [4.78, 5) is 11.2. The summed E-state index contributed by atoms with van der Waals surface area (Å²) in [6.07, 6.45) is -3.75. The van der Waals surface area contributed by atoms with Gasteiger partial charge < -0.3 is 4.74 Å². The van der Waals surface area contributed by atoms with Crippen LogP contribution in [0.3, 0.4) is 0 Å². The lowest BCUT2D eigenvalue weighted by Crippen LogP contribution is -2.14. The number of hydrogen-bond acceptors (Lipinski definition) is 3. The SMILES string of the molecule is CCCC(=O)COc1ccc(C#N)cc1C(F)(F)F. The van der Waals surface area contributed by atoms with E-state index in [0.29, 0.717) is 12.5 Å². The minimum Gasteiger partial charge on any atom is -0.485 e. The lowest BCUT2D eigenvalue weighted by atomic mass is 10.1. The Morgan fingerprint density at radius 1 is 1.42 bits per heavy atom. The Kier molecular flexibility index (Phi) is 4.93. The Bertz CT molecular complexity index is 504. The van der Waals surface area contributed by atoms with E-state index in [2.05, 4.69) is 0 Å². The zero-order chi connectivity index (χ0) is 14.5. The molecule has 0 saturated carbocycles. The van der Waals surface area contributed by atoms with E-state index in [0.717, 1.165) is 6.07 Å². The molecular weight excluding hydrogens is 259 g/mol. The molecule has 6 heteroatoms. The molecule has 0 amide bonds. The van der Waals surface area contributed by atoms with Crippen LogP contribution in [0.4, 0.5) is 13.2 Å². The quantitative estimate of drug-likeness (QED) is 0.825. The number of carbonyl (C=O) groups excluding carboxylic acids is 1. The Labute approximate surface area is 108 Å². The van der Waals surface area contributed by atoms with Crippen LogP contribution in [-0.2, 0) is 11.0 Å². The molecule has 19 heavy (non-hydrogen) atoms. The molecule has 0 spiro atoms. The van der Waals surface area contributed by atoms with Crippen molar-refractivity contribution in [3.8, 4) is 11.8 Å². The number of ketones is 1. The normalized spacial score (nSPS) is 10.9. The first-order valence-corrected chi connectivity index (χ1v) is 5.64. The van der Waals surface area contributed by atoms with E-state index in [1.807, 2.05) is 0 Å². The first kappa shape index (κ1) is 15.0. The minimum atomic E-state index is -4.63. The largest absolute Gasteiger partial charge is 0.485 e. The topological polar surface area (TPSA) is 50.1 Å². The molecule has 0 heterocycles. The van der Waals surface area contributed by atoms with E-state index in [1.165, 1.54) is 6.07 Å². The van der Waals surface area contributed by atoms with Gasteiger partial charge in [0.2, 0.25) is 0 Å². The Morgan fingerprint density at radius 3 is 2.63 bits per heavy atom. The minimum absolute atomic E-state index is 0.112. The second-order valence-corrected chi connectivity index (χ2v) is 3.90. The molecule has 0 N–H and O–H groups in total. The highest BCUT2D eigenvalue weighted by atomic mass is 19.4. The van der Waals surface area contributed by atoms with Gasteiger partial charge in [0.1, 0.15) is 12.4 Å². The van der Waals surface area contributed by atoms with Crippen LogP contribution in [0.1, 0.15) is 30.9 Å². The van der Waals surface area contributed by atoms with Gasteiger partial charge in [-0.15, -0.1) is 0 Å². The highest BCUT2D eigenvalue weighted by Gasteiger charge is 2.34. The molecule has 3 nitrogen and oxygen atoms in total. The summed E-state index contributed by atoms with van der Waals surface area (Å²) in [5.74, 6) is -0.698. The lowest BCUT2D eigenvalue weighted by molar-refractivity contribution is -0.139. The van der Waals surface area contributed by atoms with Crippen LogP contribution in [0.2, 0.25) is 0 Å². The number of carbonyl (C=O) groups is 1. The van der Waals surface area contributed by atoms with Gasteiger partial charge in [-0.1, -0.05) is 6.92 Å². The smallest absolute Gasteiger partial charge is 0.420 e. The molecule has 1 aromatic rings. The van der Waals surface area contributed by atoms with Gasteiger partial charge in [-0.3, -0.25) is 4.79 Å². The third-order valence-corrected chi connectivity index (χ3v) is 2.33. The molecular formula is C13H12F3NO2. The predicted octanol–water partition coefficient (Wildman–Crippen LogP) is 3.33. The van der Waals surface area contributed by atoms with Gasteiger partial charge in [-0.05, 0) is 24.6 Å². The molecule has 0 saturated heterocycles. The average Bonchev–Trinajstić information content (AvgIpc) is 2.35. The zero-order valence-electron chi connectivity index (χ0n) is 10.3. The van der Waals surface area contributed by atoms with Gasteiger partial charge in [0, 0.05) is 6.42 Å². The van der Waals surface area contributed by atoms with Gasteiger partial charge in [-0.25, -0.2) is 0 Å². The first-order valence-electron chi connectivity index (χ1n) is 5.64. The fraction of sp³-hybridized carbons (Fsp3) is 0.385. The van der Waals surface area contributed by atoms with Gasteiger partial charge in [0.15, 0.2) is 5.78 Å². The fourth-order valence-corrected chi connectivity index (χ4v) is 1.46. The van der Waals surface area contributed by atoms with Crippen molar-refractivity contribution in [1.29, 1.82) is 5.26 Å². The van der Waals surface area contributed by atoms with E-state index >= 15 is 0 Å². The van der Waals surface area contributed by atoms with Gasteiger partial charge in [-0.2, -0.15) is 18.4 Å². The van der Waals surface area contributed by atoms with Crippen molar-refractivity contribution in [3.63, 3.8) is 0 Å². The molecule has 0 aliphatic carbocycles. The summed E-state index contributed by atoms with van der Waals surface area (Å²) < 4.78 is 43.2. The van der Waals surface area contributed by atoms with Crippen LogP contribution in [0.15, 0.2) is 18.2 Å². The van der Waals surface area contributed by atoms with Crippen LogP contribution in [0, 0.1) is 11.3 Å². The van der Waals surface area contributed by atoms with E-state index < -0.39 is 24.1 Å². The summed E-state index contributed by atoms with van der Waals surface area (Å²) in [6, 6.07) is 4.61. The molecule has 1 aromatic carbocycles. The maximum absolute atomic E-state index is 12.8. The average molecular weight is 271 g/mol. The van der Waals surface area contributed by atoms with Crippen LogP contribution in [0.25, 0.3) is 0 Å². The molecule has 102 valence electrons. The maximum Gasteiger partial charge on any atom is 0.420 e. The number of nitriles is 1. The number of nitrogens with zero attached hydrogens (tertiary/aromatic N) is 1. The van der Waals surface area contributed by atoms with Crippen molar-refractivity contribution in [3.05, 3.63) is 29.3 Å². The summed E-state index contributed by atoms with van der Waals surface area (Å²) >= 11 is 0. The number of ether oxygens (including phenoxy) is 1. The van der Waals surface area contributed by atoms with E-state index in [9.17, 15) is 18.0 Å². The highest BCUT2D eigenvalue weighted by Crippen LogP contribution is 2.36. The van der Waals surface area contributed by atoms with Crippen molar-refractivity contribution in [2.24, 2.45) is 0 Å². The van der Waals surface area contributed by atoms with E-state index in [4.69, 9.17) is 10.00 Å². The van der Waals surface area contributed by atoms with Crippen molar-refractivity contribution in [1.82, 2.24) is 0 Å². The number of alkyl halides is 3. The van der Waals surface area contributed by atoms with Gasteiger partial charge in [0.05, 0.1) is 17.2 Å². The number of halogens is 3. The van der Waals surface area contributed by atoms with Crippen LogP contribution in [0.5, 0.6) is 5.75 Å². The second kappa shape index (κ2) is 6.23. The third-order valence-electron chi connectivity index (χ3n) is 2.33. The zero-order valence-corrected chi connectivity index (χ0v) is 10.3. The van der Waals surface area contributed by atoms with Gasteiger partial charge >= 0.3 is 6.18 Å². The summed E-state index contributed by atoms with van der Waals surface area (Å²) in [5.41, 5.74) is -1.16. The molecule has 0 aliphatic rings. The van der Waals surface area contributed by atoms with E-state index in [1.54, 1.807) is 13.0 Å². The van der Waals surface area contributed by atoms with Crippen molar-refractivity contribution >= 4 is 5.78 Å². The van der Waals surface area contributed by atoms with Crippen molar-refractivity contribution in [2.45, 2.75) is 25.9 Å². The number of hydrogen-bond donors (Lipinski definition) is 0. The molecule has 0 radical (unpaired) electrons. The van der Waals surface area contributed by atoms with Crippen molar-refractivity contribution < 1.29 is 22.7 Å². The third kappa shape index (κ3) is 4.28. The summed E-state index contributed by atoms with van der Waals surface area (Å²) in [5, 5.41) is 8.59. The summed E-state index contributed by atoms with van der Waals surface area (Å²) in [7, 11) is 0. The Morgan fingerprint density at radius 2 is 2.11 bits per heavy atom. The highest BCUT2D eigenvalue weighted by molar-refractivity contribution is 5.79. The number of rotatable bonds is 5. The molecule has 1 rings (SSSR count). The maximum atomic E-state index is 12.8. The Hall–Kier alpha value is -2.03. The molecule has 0 atom stereocenters. The standard InChI is InChI=1S/C13H12F3NO2/c1-2-3-10(18)8-19-12-5-4-9(7-17)6-11(12)13(14,15)16/h4-6H,2-3,8H2,1H3. The lowest BCUT2D eigenvalue weighted by Gasteiger charge is -2.13. The van der Waals surface area contributed by atoms with Gasteiger partial charge in [0.25, 0.3) is 0 Å². The molecule has 0 bridgehead atoms. The monoisotopic (exact) mass is 271 g/mol. The van der Waals surface area contributed by atoms with Crippen LogP contribution >= 0.6 is 0 Å². The van der Waals surface area contributed by atoms with Crippen molar-refractivity contribution in [2.75, 3.05) is 6.61 Å². The number of benzene rings is 1. The second-order valence-electron chi connectivity index (χ2n) is 3.90. The van der Waals surface area contributed by atoms with E-state index in [-0.39, 0.29) is 17.8 Å². The molecule has 0 unspecified atom stereocenters.